The van der Waals surface area contributed by atoms with E-state index >= 15 is 0 Å². The summed E-state index contributed by atoms with van der Waals surface area (Å²) in [6.07, 6.45) is 0.697. The molecule has 0 radical (unpaired) electrons. The lowest BCUT2D eigenvalue weighted by molar-refractivity contribution is 0.169. The molecule has 0 saturated carbocycles. The molecule has 2 aromatic carbocycles. The summed E-state index contributed by atoms with van der Waals surface area (Å²) in [5.41, 5.74) is 9.71. The average molecular weight is 348 g/mol. The Labute approximate surface area is 135 Å². The lowest BCUT2D eigenvalue weighted by atomic mass is 10.0. The molecule has 2 aromatic rings. The van der Waals surface area contributed by atoms with E-state index in [2.05, 4.69) is 61.0 Å². The van der Waals surface area contributed by atoms with Gasteiger partial charge in [-0.15, -0.1) is 0 Å². The normalized spacial score (nSPS) is 13.8. The van der Waals surface area contributed by atoms with Crippen LogP contribution in [-0.4, -0.2) is 6.04 Å². The molecule has 2 unspecified atom stereocenters. The monoisotopic (exact) mass is 347 g/mol. The molecule has 0 aliphatic carbocycles. The van der Waals surface area contributed by atoms with Crippen molar-refractivity contribution in [2.45, 2.75) is 39.3 Å². The summed E-state index contributed by atoms with van der Waals surface area (Å²) in [4.78, 5) is 0. The molecule has 112 valence electrons. The van der Waals surface area contributed by atoms with E-state index in [1.807, 2.05) is 18.2 Å². The first-order valence-corrected chi connectivity index (χ1v) is 8.06. The number of nitrogens with two attached hydrogens (primary N) is 1. The molecule has 0 spiro atoms. The summed E-state index contributed by atoms with van der Waals surface area (Å²) < 4.78 is 7.32. The molecule has 0 aromatic heterocycles. The van der Waals surface area contributed by atoms with Gasteiger partial charge in [0.2, 0.25) is 0 Å². The molecule has 0 aliphatic heterocycles. The molecule has 2 N–H and O–H groups in total. The second kappa shape index (κ2) is 7.10. The lowest BCUT2D eigenvalue weighted by Gasteiger charge is -2.26. The zero-order valence-electron chi connectivity index (χ0n) is 12.8. The smallest absolute Gasteiger partial charge is 0.140 e. The van der Waals surface area contributed by atoms with E-state index in [9.17, 15) is 0 Å². The molecule has 0 aliphatic rings. The molecular formula is C18H22BrNO. The molecular weight excluding hydrogens is 326 g/mol. The summed E-state index contributed by atoms with van der Waals surface area (Å²) in [7, 11) is 0. The van der Waals surface area contributed by atoms with E-state index < -0.39 is 0 Å². The van der Waals surface area contributed by atoms with Gasteiger partial charge in [0.25, 0.3) is 0 Å². The highest BCUT2D eigenvalue weighted by Crippen LogP contribution is 2.32. The number of ether oxygens (including phenoxy) is 1. The van der Waals surface area contributed by atoms with Crippen molar-refractivity contribution < 1.29 is 4.74 Å². The largest absolute Gasteiger partial charge is 0.484 e. The van der Waals surface area contributed by atoms with Gasteiger partial charge in [-0.25, -0.2) is 0 Å². The van der Waals surface area contributed by atoms with Crippen molar-refractivity contribution in [3.63, 3.8) is 0 Å². The van der Waals surface area contributed by atoms with Gasteiger partial charge in [0.15, 0.2) is 0 Å². The molecule has 2 nitrogen and oxygen atoms in total. The summed E-state index contributed by atoms with van der Waals surface area (Å²) >= 11 is 3.61. The number of halogens is 1. The maximum absolute atomic E-state index is 6.31. The van der Waals surface area contributed by atoms with Gasteiger partial charge in [-0.3, -0.25) is 0 Å². The van der Waals surface area contributed by atoms with Crippen LogP contribution in [0.1, 0.15) is 36.1 Å². The van der Waals surface area contributed by atoms with Crippen LogP contribution in [0, 0.1) is 13.8 Å². The number of hydrogen-bond donors (Lipinski definition) is 1. The van der Waals surface area contributed by atoms with Crippen LogP contribution >= 0.6 is 15.9 Å². The Balaban J connectivity index is 2.38. The van der Waals surface area contributed by atoms with E-state index in [-0.39, 0.29) is 12.1 Å². The molecule has 0 amide bonds. The van der Waals surface area contributed by atoms with Gasteiger partial charge < -0.3 is 10.5 Å². The standard InChI is InChI=1S/C18H22BrNO/c1-4-16(20)18(14-7-5-6-8-15(14)19)21-17-11-12(2)9-10-13(17)3/h5-11,16,18H,4,20H2,1-3H3. The first-order chi connectivity index (χ1) is 10.0. The van der Waals surface area contributed by atoms with Gasteiger partial charge in [0, 0.05) is 16.1 Å². The van der Waals surface area contributed by atoms with Gasteiger partial charge in [-0.1, -0.05) is 53.2 Å². The van der Waals surface area contributed by atoms with Crippen LogP contribution < -0.4 is 10.5 Å². The Morgan fingerprint density at radius 1 is 1.14 bits per heavy atom. The van der Waals surface area contributed by atoms with Gasteiger partial charge >= 0.3 is 0 Å². The Morgan fingerprint density at radius 2 is 1.86 bits per heavy atom. The van der Waals surface area contributed by atoms with Crippen LogP contribution in [0.4, 0.5) is 0 Å². The van der Waals surface area contributed by atoms with Crippen molar-refractivity contribution in [2.24, 2.45) is 5.73 Å². The van der Waals surface area contributed by atoms with Crippen LogP contribution in [-0.2, 0) is 0 Å². The Hall–Kier alpha value is -1.32. The highest BCUT2D eigenvalue weighted by atomic mass is 79.9. The lowest BCUT2D eigenvalue weighted by Crippen LogP contribution is -2.31. The molecule has 2 rings (SSSR count). The molecule has 0 saturated heterocycles. The third-order valence-corrected chi connectivity index (χ3v) is 4.39. The molecule has 0 heterocycles. The second-order valence-corrected chi connectivity index (χ2v) is 6.26. The van der Waals surface area contributed by atoms with Crippen LogP contribution in [0.5, 0.6) is 5.75 Å². The van der Waals surface area contributed by atoms with Crippen LogP contribution in [0.2, 0.25) is 0 Å². The third kappa shape index (κ3) is 3.86. The topological polar surface area (TPSA) is 35.2 Å². The fourth-order valence-electron chi connectivity index (χ4n) is 2.27. The van der Waals surface area contributed by atoms with E-state index in [1.54, 1.807) is 0 Å². The van der Waals surface area contributed by atoms with Crippen LogP contribution in [0.3, 0.4) is 0 Å². The van der Waals surface area contributed by atoms with Gasteiger partial charge in [0.05, 0.1) is 0 Å². The first-order valence-electron chi connectivity index (χ1n) is 7.26. The minimum atomic E-state index is -0.161. The Morgan fingerprint density at radius 3 is 2.52 bits per heavy atom. The van der Waals surface area contributed by atoms with E-state index in [4.69, 9.17) is 10.5 Å². The number of hydrogen-bond acceptors (Lipinski definition) is 2. The van der Waals surface area contributed by atoms with Crippen molar-refractivity contribution in [3.05, 3.63) is 63.6 Å². The summed E-state index contributed by atoms with van der Waals surface area (Å²) in [5, 5.41) is 0. The van der Waals surface area contributed by atoms with E-state index in [0.29, 0.717) is 0 Å². The predicted molar refractivity (Wildman–Crippen MR) is 91.7 cm³/mol. The SMILES string of the molecule is CCC(N)C(Oc1cc(C)ccc1C)c1ccccc1Br. The number of rotatable bonds is 5. The van der Waals surface area contributed by atoms with Crippen molar-refractivity contribution in [3.8, 4) is 5.75 Å². The van der Waals surface area contributed by atoms with Gasteiger partial charge in [-0.05, 0) is 43.5 Å². The fourth-order valence-corrected chi connectivity index (χ4v) is 2.78. The predicted octanol–water partition coefficient (Wildman–Crippen LogP) is 4.92. The zero-order chi connectivity index (χ0) is 15.4. The summed E-state index contributed by atoms with van der Waals surface area (Å²) in [6, 6.07) is 14.3. The third-order valence-electron chi connectivity index (χ3n) is 3.67. The minimum absolute atomic E-state index is 0.0522. The average Bonchev–Trinajstić information content (AvgIpc) is 2.48. The van der Waals surface area contributed by atoms with E-state index in [0.717, 1.165) is 27.8 Å². The first kappa shape index (κ1) is 16.1. The maximum atomic E-state index is 6.31. The van der Waals surface area contributed by atoms with Crippen molar-refractivity contribution in [1.82, 2.24) is 0 Å². The Kier molecular flexibility index (Phi) is 5.43. The zero-order valence-corrected chi connectivity index (χ0v) is 14.4. The molecule has 3 heteroatoms. The van der Waals surface area contributed by atoms with Crippen molar-refractivity contribution in [1.29, 1.82) is 0 Å². The van der Waals surface area contributed by atoms with Crippen molar-refractivity contribution in [2.75, 3.05) is 0 Å². The quantitative estimate of drug-likeness (QED) is 0.832. The molecule has 0 fully saturated rings. The highest BCUT2D eigenvalue weighted by Gasteiger charge is 2.23. The number of aryl methyl sites for hydroxylation is 2. The minimum Gasteiger partial charge on any atom is -0.484 e. The van der Waals surface area contributed by atoms with Gasteiger partial charge in [-0.2, -0.15) is 0 Å². The van der Waals surface area contributed by atoms with Crippen LogP contribution in [0.15, 0.2) is 46.9 Å². The summed E-state index contributed by atoms with van der Waals surface area (Å²) in [6.45, 7) is 6.21. The maximum Gasteiger partial charge on any atom is 0.140 e. The fraction of sp³-hybridized carbons (Fsp3) is 0.333. The van der Waals surface area contributed by atoms with Crippen molar-refractivity contribution >= 4 is 15.9 Å². The number of benzene rings is 2. The van der Waals surface area contributed by atoms with Gasteiger partial charge in [0.1, 0.15) is 11.9 Å². The van der Waals surface area contributed by atoms with Crippen LogP contribution in [0.25, 0.3) is 0 Å². The highest BCUT2D eigenvalue weighted by molar-refractivity contribution is 9.10. The molecule has 21 heavy (non-hydrogen) atoms. The molecule has 0 bridgehead atoms. The second-order valence-electron chi connectivity index (χ2n) is 5.40. The molecule has 2 atom stereocenters. The Bertz CT molecular complexity index is 612. The summed E-state index contributed by atoms with van der Waals surface area (Å²) in [5.74, 6) is 0.902. The van der Waals surface area contributed by atoms with E-state index in [1.165, 1.54) is 5.56 Å².